The molecule has 0 atom stereocenters. The number of carbonyl (C=O) groups excluding carboxylic acids is 1. The summed E-state index contributed by atoms with van der Waals surface area (Å²) in [5.74, 6) is 0.102. The Bertz CT molecular complexity index is 557. The number of allylic oxidation sites excluding steroid dienone is 2. The number of rotatable bonds is 2. The summed E-state index contributed by atoms with van der Waals surface area (Å²) in [5.41, 5.74) is 1.87. The molecule has 0 aromatic carbocycles. The maximum atomic E-state index is 12.1. The van der Waals surface area contributed by atoms with E-state index in [4.69, 9.17) is 0 Å². The van der Waals surface area contributed by atoms with Crippen LogP contribution < -0.4 is 5.32 Å². The molecule has 3 nitrogen and oxygen atoms in total. The summed E-state index contributed by atoms with van der Waals surface area (Å²) in [7, 11) is 0. The molecule has 1 amide bonds. The first-order chi connectivity index (χ1) is 8.79. The van der Waals surface area contributed by atoms with Gasteiger partial charge in [0.1, 0.15) is 11.1 Å². The number of fused-ring (bicyclic) bond motifs is 1. The number of hydrogen-bond acceptors (Lipinski definition) is 3. The third-order valence-electron chi connectivity index (χ3n) is 3.65. The van der Waals surface area contributed by atoms with Crippen molar-refractivity contribution in [1.82, 2.24) is 0 Å². The molecule has 4 heteroatoms. The van der Waals surface area contributed by atoms with Gasteiger partial charge in [-0.3, -0.25) is 4.79 Å². The Balaban J connectivity index is 1.81. The number of anilines is 1. The number of hydrogen-bond donors (Lipinski definition) is 1. The fourth-order valence-electron chi connectivity index (χ4n) is 2.66. The zero-order valence-corrected chi connectivity index (χ0v) is 10.8. The van der Waals surface area contributed by atoms with Crippen molar-refractivity contribution in [3.63, 3.8) is 0 Å². The molecule has 0 bridgehead atoms. The number of nitrogens with zero attached hydrogens (tertiary/aromatic N) is 1. The van der Waals surface area contributed by atoms with Crippen LogP contribution in [0.2, 0.25) is 0 Å². The largest absolute Gasteiger partial charge is 0.316 e. The van der Waals surface area contributed by atoms with Crippen molar-refractivity contribution in [2.24, 2.45) is 5.92 Å². The van der Waals surface area contributed by atoms with Gasteiger partial charge in [-0.1, -0.05) is 12.2 Å². The van der Waals surface area contributed by atoms with Crippen molar-refractivity contribution < 1.29 is 4.79 Å². The molecule has 1 heterocycles. The predicted octanol–water partition coefficient (Wildman–Crippen LogP) is 3.01. The first-order valence-corrected chi connectivity index (χ1v) is 7.11. The minimum absolute atomic E-state index is 0.0495. The first-order valence-electron chi connectivity index (χ1n) is 6.30. The molecule has 18 heavy (non-hydrogen) atoms. The Kier molecular flexibility index (Phi) is 2.92. The summed E-state index contributed by atoms with van der Waals surface area (Å²) >= 11 is 1.59. The minimum atomic E-state index is 0.0495. The van der Waals surface area contributed by atoms with Crippen LogP contribution in [0.3, 0.4) is 0 Å². The lowest BCUT2D eigenvalue weighted by Crippen LogP contribution is -2.20. The average Bonchev–Trinajstić information content (AvgIpc) is 3.04. The molecule has 2 aliphatic carbocycles. The Hall–Kier alpha value is -1.60. The fraction of sp³-hybridized carbons (Fsp3) is 0.429. The van der Waals surface area contributed by atoms with Gasteiger partial charge in [-0.05, 0) is 37.7 Å². The van der Waals surface area contributed by atoms with Crippen LogP contribution in [-0.2, 0) is 17.6 Å². The van der Waals surface area contributed by atoms with E-state index in [1.807, 2.05) is 12.2 Å². The van der Waals surface area contributed by atoms with E-state index in [0.29, 0.717) is 5.56 Å². The van der Waals surface area contributed by atoms with Crippen molar-refractivity contribution in [3.05, 3.63) is 28.2 Å². The lowest BCUT2D eigenvalue weighted by molar-refractivity contribution is -0.119. The van der Waals surface area contributed by atoms with Crippen molar-refractivity contribution in [1.29, 1.82) is 5.26 Å². The topological polar surface area (TPSA) is 52.9 Å². The lowest BCUT2D eigenvalue weighted by Gasteiger charge is -2.09. The Morgan fingerprint density at radius 2 is 2.17 bits per heavy atom. The minimum Gasteiger partial charge on any atom is -0.316 e. The van der Waals surface area contributed by atoms with E-state index in [1.54, 1.807) is 11.3 Å². The van der Waals surface area contributed by atoms with Crippen LogP contribution in [-0.4, -0.2) is 5.91 Å². The molecule has 0 saturated carbocycles. The van der Waals surface area contributed by atoms with E-state index in [-0.39, 0.29) is 11.8 Å². The average molecular weight is 258 g/mol. The summed E-state index contributed by atoms with van der Waals surface area (Å²) in [6, 6.07) is 2.25. The molecule has 92 valence electrons. The third kappa shape index (κ3) is 1.85. The molecule has 0 radical (unpaired) electrons. The summed E-state index contributed by atoms with van der Waals surface area (Å²) in [4.78, 5) is 13.3. The highest BCUT2D eigenvalue weighted by Crippen LogP contribution is 2.39. The Morgan fingerprint density at radius 1 is 1.39 bits per heavy atom. The van der Waals surface area contributed by atoms with E-state index in [2.05, 4.69) is 11.4 Å². The van der Waals surface area contributed by atoms with Crippen LogP contribution in [0, 0.1) is 17.2 Å². The SMILES string of the molecule is N#Cc1c(NC(=O)C2CC=CC2)sc2c1CCC2. The van der Waals surface area contributed by atoms with Gasteiger partial charge in [0.2, 0.25) is 5.91 Å². The smallest absolute Gasteiger partial charge is 0.228 e. The van der Waals surface area contributed by atoms with Crippen molar-refractivity contribution in [3.8, 4) is 6.07 Å². The van der Waals surface area contributed by atoms with Gasteiger partial charge in [0.05, 0.1) is 5.56 Å². The van der Waals surface area contributed by atoms with Gasteiger partial charge in [-0.25, -0.2) is 0 Å². The second-order valence-electron chi connectivity index (χ2n) is 4.80. The van der Waals surface area contributed by atoms with Gasteiger partial charge in [-0.2, -0.15) is 5.26 Å². The number of nitriles is 1. The molecule has 1 aromatic rings. The van der Waals surface area contributed by atoms with Gasteiger partial charge in [0.25, 0.3) is 0 Å². The predicted molar refractivity (Wildman–Crippen MR) is 71.6 cm³/mol. The van der Waals surface area contributed by atoms with Gasteiger partial charge >= 0.3 is 0 Å². The fourth-order valence-corrected chi connectivity index (χ4v) is 3.90. The highest BCUT2D eigenvalue weighted by molar-refractivity contribution is 7.16. The van der Waals surface area contributed by atoms with Gasteiger partial charge in [-0.15, -0.1) is 11.3 Å². The van der Waals surface area contributed by atoms with E-state index in [0.717, 1.165) is 37.1 Å². The van der Waals surface area contributed by atoms with E-state index >= 15 is 0 Å². The van der Waals surface area contributed by atoms with Crippen molar-refractivity contribution in [2.75, 3.05) is 5.32 Å². The molecule has 2 aliphatic rings. The monoisotopic (exact) mass is 258 g/mol. The summed E-state index contributed by atoms with van der Waals surface area (Å²) in [6.07, 6.45) is 8.90. The lowest BCUT2D eigenvalue weighted by atomic mass is 10.1. The standard InChI is InChI=1S/C14H14N2OS/c15-8-11-10-6-3-7-12(10)18-14(11)16-13(17)9-4-1-2-5-9/h1-2,9H,3-7H2,(H,16,17). The third-order valence-corrected chi connectivity index (χ3v) is 4.86. The molecule has 0 saturated heterocycles. The van der Waals surface area contributed by atoms with Crippen LogP contribution in [0.15, 0.2) is 12.2 Å². The molecule has 1 N–H and O–H groups in total. The van der Waals surface area contributed by atoms with Gasteiger partial charge in [0, 0.05) is 10.8 Å². The molecular weight excluding hydrogens is 244 g/mol. The van der Waals surface area contributed by atoms with Crippen LogP contribution in [0.4, 0.5) is 5.00 Å². The van der Waals surface area contributed by atoms with Gasteiger partial charge in [0.15, 0.2) is 0 Å². The van der Waals surface area contributed by atoms with Crippen molar-refractivity contribution in [2.45, 2.75) is 32.1 Å². The molecule has 0 unspecified atom stereocenters. The second kappa shape index (κ2) is 4.58. The molecule has 3 rings (SSSR count). The van der Waals surface area contributed by atoms with E-state index in [1.165, 1.54) is 10.4 Å². The summed E-state index contributed by atoms with van der Waals surface area (Å²) in [6.45, 7) is 0. The number of amides is 1. The molecule has 0 aliphatic heterocycles. The zero-order chi connectivity index (χ0) is 12.5. The number of carbonyl (C=O) groups is 1. The number of thiophene rings is 1. The molecular formula is C14H14N2OS. The van der Waals surface area contributed by atoms with Gasteiger partial charge < -0.3 is 5.32 Å². The maximum Gasteiger partial charge on any atom is 0.228 e. The summed E-state index contributed by atoms with van der Waals surface area (Å²) < 4.78 is 0. The molecule has 0 spiro atoms. The van der Waals surface area contributed by atoms with Crippen molar-refractivity contribution >= 4 is 22.2 Å². The zero-order valence-electron chi connectivity index (χ0n) is 10.0. The van der Waals surface area contributed by atoms with Crippen LogP contribution in [0.1, 0.15) is 35.3 Å². The number of aryl methyl sites for hydroxylation is 1. The molecule has 0 fully saturated rings. The number of nitrogens with one attached hydrogen (secondary N) is 1. The Labute approximate surface area is 110 Å². The normalized spacial score (nSPS) is 17.7. The van der Waals surface area contributed by atoms with E-state index < -0.39 is 0 Å². The van der Waals surface area contributed by atoms with Crippen LogP contribution >= 0.6 is 11.3 Å². The highest BCUT2D eigenvalue weighted by Gasteiger charge is 2.25. The molecule has 1 aromatic heterocycles. The Morgan fingerprint density at radius 3 is 2.89 bits per heavy atom. The highest BCUT2D eigenvalue weighted by atomic mass is 32.1. The van der Waals surface area contributed by atoms with Crippen LogP contribution in [0.5, 0.6) is 0 Å². The van der Waals surface area contributed by atoms with Crippen LogP contribution in [0.25, 0.3) is 0 Å². The van der Waals surface area contributed by atoms with E-state index in [9.17, 15) is 10.1 Å². The second-order valence-corrected chi connectivity index (χ2v) is 5.91. The first kappa shape index (κ1) is 11.5. The maximum absolute atomic E-state index is 12.1. The quantitative estimate of drug-likeness (QED) is 0.829. The summed E-state index contributed by atoms with van der Waals surface area (Å²) in [5, 5.41) is 13.0.